The molecule has 2 aromatic rings. The van der Waals surface area contributed by atoms with E-state index in [-0.39, 0.29) is 0 Å². The van der Waals surface area contributed by atoms with Crippen LogP contribution in [0.3, 0.4) is 0 Å². The predicted octanol–water partition coefficient (Wildman–Crippen LogP) is 4.27. The molecular weight excluding hydrogens is 256 g/mol. The summed E-state index contributed by atoms with van der Waals surface area (Å²) in [4.78, 5) is 4.43. The van der Waals surface area contributed by atoms with Crippen LogP contribution in [0.4, 0.5) is 0 Å². The number of hydrogen-bond acceptors (Lipinski definition) is 2. The largest absolute Gasteiger partial charge is 0.310 e. The summed E-state index contributed by atoms with van der Waals surface area (Å²) in [6, 6.07) is 12.1. The Bertz CT molecular complexity index is 627. The fourth-order valence-corrected chi connectivity index (χ4v) is 3.01. The molecule has 1 aromatic carbocycles. The Kier molecular flexibility index (Phi) is 3.48. The molecule has 2 aliphatic carbocycles. The lowest BCUT2D eigenvalue weighted by Gasteiger charge is -2.26. The molecule has 0 unspecified atom stereocenters. The lowest BCUT2D eigenvalue weighted by atomic mass is 9.79. The van der Waals surface area contributed by atoms with Gasteiger partial charge in [0.25, 0.3) is 0 Å². The van der Waals surface area contributed by atoms with Crippen molar-refractivity contribution < 1.29 is 0 Å². The minimum absolute atomic E-state index is 0.746. The summed E-state index contributed by atoms with van der Waals surface area (Å²) in [7, 11) is 0. The van der Waals surface area contributed by atoms with Crippen LogP contribution in [-0.4, -0.2) is 11.0 Å². The molecule has 1 N–H and O–H groups in total. The second kappa shape index (κ2) is 5.61. The minimum Gasteiger partial charge on any atom is -0.310 e. The zero-order valence-electron chi connectivity index (χ0n) is 12.4. The number of benzene rings is 1. The van der Waals surface area contributed by atoms with Crippen molar-refractivity contribution >= 4 is 0 Å². The molecule has 0 saturated heterocycles. The predicted molar refractivity (Wildman–Crippen MR) is 86.1 cm³/mol. The third-order valence-corrected chi connectivity index (χ3v) is 4.76. The smallest absolute Gasteiger partial charge is 0.0346 e. The molecule has 0 aliphatic heterocycles. The Balaban J connectivity index is 1.55. The van der Waals surface area contributed by atoms with Gasteiger partial charge in [0, 0.05) is 30.5 Å². The van der Waals surface area contributed by atoms with Gasteiger partial charge in [0.2, 0.25) is 0 Å². The van der Waals surface area contributed by atoms with Crippen LogP contribution in [0.15, 0.2) is 42.7 Å². The second-order valence-corrected chi connectivity index (χ2v) is 6.49. The van der Waals surface area contributed by atoms with E-state index in [9.17, 15) is 0 Å². The van der Waals surface area contributed by atoms with Crippen molar-refractivity contribution in [2.24, 2.45) is 0 Å². The molecule has 1 heterocycles. The molecule has 21 heavy (non-hydrogen) atoms. The van der Waals surface area contributed by atoms with Crippen LogP contribution in [0.1, 0.15) is 49.1 Å². The van der Waals surface area contributed by atoms with E-state index in [0.717, 1.165) is 18.5 Å². The van der Waals surface area contributed by atoms with E-state index in [1.807, 2.05) is 12.4 Å². The Labute approximate surface area is 126 Å². The number of hydrogen-bond donors (Lipinski definition) is 1. The Morgan fingerprint density at radius 1 is 1.00 bits per heavy atom. The van der Waals surface area contributed by atoms with E-state index in [1.165, 1.54) is 54.4 Å². The van der Waals surface area contributed by atoms with Crippen molar-refractivity contribution in [1.82, 2.24) is 10.3 Å². The van der Waals surface area contributed by atoms with Crippen molar-refractivity contribution in [3.05, 3.63) is 53.9 Å². The Morgan fingerprint density at radius 2 is 1.90 bits per heavy atom. The van der Waals surface area contributed by atoms with Crippen molar-refractivity contribution in [2.75, 3.05) is 0 Å². The van der Waals surface area contributed by atoms with E-state index in [4.69, 9.17) is 0 Å². The van der Waals surface area contributed by atoms with E-state index < -0.39 is 0 Å². The van der Waals surface area contributed by atoms with Gasteiger partial charge in [0.1, 0.15) is 0 Å². The average Bonchev–Trinajstić information content (AvgIpc) is 3.28. The molecule has 0 spiro atoms. The minimum atomic E-state index is 0.746. The quantitative estimate of drug-likeness (QED) is 0.883. The highest BCUT2D eigenvalue weighted by molar-refractivity contribution is 5.64. The number of nitrogens with one attached hydrogen (secondary N) is 1. The molecule has 0 radical (unpaired) electrons. The van der Waals surface area contributed by atoms with Crippen molar-refractivity contribution in [1.29, 1.82) is 0 Å². The summed E-state index contributed by atoms with van der Waals surface area (Å²) < 4.78 is 0. The number of nitrogens with zero attached hydrogens (tertiary/aromatic N) is 1. The zero-order valence-corrected chi connectivity index (χ0v) is 12.4. The van der Waals surface area contributed by atoms with Gasteiger partial charge in [0.15, 0.2) is 0 Å². The topological polar surface area (TPSA) is 24.9 Å². The summed E-state index contributed by atoms with van der Waals surface area (Å²) in [6.07, 6.45) is 10.7. The summed E-state index contributed by atoms with van der Waals surface area (Å²) in [5.74, 6) is 0.789. The molecular formula is C19H22N2. The van der Waals surface area contributed by atoms with Crippen LogP contribution >= 0.6 is 0 Å². The van der Waals surface area contributed by atoms with Crippen LogP contribution in [0.25, 0.3) is 11.1 Å². The van der Waals surface area contributed by atoms with E-state index >= 15 is 0 Å². The molecule has 4 rings (SSSR count). The van der Waals surface area contributed by atoms with Gasteiger partial charge >= 0.3 is 0 Å². The molecule has 108 valence electrons. The highest BCUT2D eigenvalue weighted by Gasteiger charge is 2.20. The van der Waals surface area contributed by atoms with Crippen molar-refractivity contribution in [3.63, 3.8) is 0 Å². The fourth-order valence-electron chi connectivity index (χ4n) is 3.01. The molecule has 0 amide bonds. The first-order chi connectivity index (χ1) is 10.4. The van der Waals surface area contributed by atoms with Gasteiger partial charge < -0.3 is 5.32 Å². The monoisotopic (exact) mass is 278 g/mol. The summed E-state index contributed by atoms with van der Waals surface area (Å²) >= 11 is 0. The lowest BCUT2D eigenvalue weighted by Crippen LogP contribution is -2.15. The van der Waals surface area contributed by atoms with Gasteiger partial charge in [-0.05, 0) is 54.4 Å². The van der Waals surface area contributed by atoms with Crippen molar-refractivity contribution in [2.45, 2.75) is 50.6 Å². The number of pyridine rings is 1. The standard InChI is InChI=1S/C19H22N2/c1-3-15(4-1)16-5-2-6-17(10-16)18-9-14(11-20-13-18)12-21-19-7-8-19/h2,5-6,9-11,13,15,19,21H,1,3-4,7-8,12H2. The maximum absolute atomic E-state index is 4.43. The number of aromatic nitrogens is 1. The molecule has 1 aromatic heterocycles. The molecule has 2 nitrogen and oxygen atoms in total. The normalized spacial score (nSPS) is 18.5. The van der Waals surface area contributed by atoms with Crippen LogP contribution in [0, 0.1) is 0 Å². The van der Waals surface area contributed by atoms with Crippen LogP contribution < -0.4 is 5.32 Å². The summed E-state index contributed by atoms with van der Waals surface area (Å²) in [5.41, 5.74) is 5.33. The van der Waals surface area contributed by atoms with Crippen LogP contribution in [-0.2, 0) is 6.54 Å². The Hall–Kier alpha value is -1.67. The molecule has 0 atom stereocenters. The molecule has 2 fully saturated rings. The van der Waals surface area contributed by atoms with E-state index in [1.54, 1.807) is 0 Å². The first-order valence-corrected chi connectivity index (χ1v) is 8.16. The first-order valence-electron chi connectivity index (χ1n) is 8.16. The maximum atomic E-state index is 4.43. The lowest BCUT2D eigenvalue weighted by molar-refractivity contribution is 0.420. The molecule has 2 saturated carbocycles. The van der Waals surface area contributed by atoms with Crippen LogP contribution in [0.2, 0.25) is 0 Å². The van der Waals surface area contributed by atoms with Crippen molar-refractivity contribution in [3.8, 4) is 11.1 Å². The molecule has 0 bridgehead atoms. The number of rotatable bonds is 5. The van der Waals surface area contributed by atoms with Gasteiger partial charge in [-0.15, -0.1) is 0 Å². The zero-order chi connectivity index (χ0) is 14.1. The second-order valence-electron chi connectivity index (χ2n) is 6.49. The third kappa shape index (κ3) is 3.01. The Morgan fingerprint density at radius 3 is 2.67 bits per heavy atom. The highest BCUT2D eigenvalue weighted by Crippen LogP contribution is 2.37. The summed E-state index contributed by atoms with van der Waals surface area (Å²) in [6.45, 7) is 0.938. The highest BCUT2D eigenvalue weighted by atomic mass is 14.9. The molecule has 2 heteroatoms. The van der Waals surface area contributed by atoms with Gasteiger partial charge in [-0.3, -0.25) is 4.98 Å². The summed E-state index contributed by atoms with van der Waals surface area (Å²) in [5, 5.41) is 3.56. The van der Waals surface area contributed by atoms with Crippen LogP contribution in [0.5, 0.6) is 0 Å². The van der Waals surface area contributed by atoms with E-state index in [0.29, 0.717) is 0 Å². The maximum Gasteiger partial charge on any atom is 0.0346 e. The first kappa shape index (κ1) is 13.0. The average molecular weight is 278 g/mol. The van der Waals surface area contributed by atoms with Gasteiger partial charge in [-0.25, -0.2) is 0 Å². The fraction of sp³-hybridized carbons (Fsp3) is 0.421. The SMILES string of the molecule is c1cc(-c2cncc(CNC3CC3)c2)cc(C2CCC2)c1. The van der Waals surface area contributed by atoms with Gasteiger partial charge in [-0.2, -0.15) is 0 Å². The van der Waals surface area contributed by atoms with Gasteiger partial charge in [-0.1, -0.05) is 30.7 Å². The van der Waals surface area contributed by atoms with E-state index in [2.05, 4.69) is 40.6 Å². The van der Waals surface area contributed by atoms with Gasteiger partial charge in [0.05, 0.1) is 0 Å². The third-order valence-electron chi connectivity index (χ3n) is 4.76. The molecule has 2 aliphatic rings.